The number of carbonyl (C=O) groups is 4. The number of likely N-dealkylation sites (tertiary alicyclic amines) is 4. The molecule has 0 aromatic heterocycles. The molecule has 8 rings (SSSR count). The molecule has 4 heterocycles. The number of esters is 4. The Balaban J connectivity index is 1.10. The number of carbonyl (C=O) groups excluding carboxylic acids is 4. The van der Waals surface area contributed by atoms with Gasteiger partial charge in [-0.05, 0) is 146 Å². The molecule has 0 spiro atoms. The van der Waals surface area contributed by atoms with E-state index in [1.807, 2.05) is 24.3 Å². The van der Waals surface area contributed by atoms with Crippen LogP contribution in [0.15, 0.2) is 121 Å². The lowest BCUT2D eigenvalue weighted by Crippen LogP contribution is -2.62. The SMILES string of the molecule is CC1(C)CC(OC(=O)CCC(CCC(=O)OC2CC(C)(C)N(Cc3ccccc3)C(C)(C)C2)(C(=O)OC2CC(C)(C)N(Cc3ccccc3)C(C)(C)C2)C(=O)OC2CC(C)(C)N(Cc3ccccc3)C(C)(C)C2)CC(C)(C)N1Cc1ccccc1. The van der Waals surface area contributed by atoms with E-state index >= 15 is 9.59 Å². The molecule has 4 aliphatic rings. The van der Waals surface area contributed by atoms with Crippen molar-refractivity contribution < 1.29 is 38.1 Å². The Kier molecular flexibility index (Phi) is 19.6. The summed E-state index contributed by atoms with van der Waals surface area (Å²) in [5, 5.41) is 0. The zero-order chi connectivity index (χ0) is 62.0. The fourth-order valence-electron chi connectivity index (χ4n) is 16.3. The monoisotopic (exact) mass is 1160 g/mol. The van der Waals surface area contributed by atoms with Gasteiger partial charge in [-0.3, -0.25) is 38.8 Å². The molecule has 4 aromatic rings. The van der Waals surface area contributed by atoms with Crippen molar-refractivity contribution in [2.45, 2.75) is 283 Å². The highest BCUT2D eigenvalue weighted by Crippen LogP contribution is 2.47. The molecule has 12 heteroatoms. The summed E-state index contributed by atoms with van der Waals surface area (Å²) in [5.74, 6) is -2.58. The summed E-state index contributed by atoms with van der Waals surface area (Å²) in [7, 11) is 0. The van der Waals surface area contributed by atoms with Crippen molar-refractivity contribution in [3.8, 4) is 0 Å². The molecular weight excluding hydrogens is 1060 g/mol. The first kappa shape index (κ1) is 65.6. The molecule has 0 radical (unpaired) electrons. The van der Waals surface area contributed by atoms with Crippen molar-refractivity contribution in [3.05, 3.63) is 144 Å². The van der Waals surface area contributed by atoms with Crippen LogP contribution in [0.2, 0.25) is 0 Å². The van der Waals surface area contributed by atoms with E-state index in [1.165, 1.54) is 22.3 Å². The van der Waals surface area contributed by atoms with Gasteiger partial charge in [0, 0.05) is 135 Å². The highest BCUT2D eigenvalue weighted by atomic mass is 16.6. The maximum Gasteiger partial charge on any atom is 0.323 e. The number of nitrogens with zero attached hydrogens (tertiary/aromatic N) is 4. The van der Waals surface area contributed by atoms with Crippen LogP contribution in [0.5, 0.6) is 0 Å². The van der Waals surface area contributed by atoms with E-state index in [0.29, 0.717) is 64.5 Å². The lowest BCUT2D eigenvalue weighted by molar-refractivity contribution is -0.191. The fourth-order valence-corrected chi connectivity index (χ4v) is 16.3. The van der Waals surface area contributed by atoms with Crippen LogP contribution >= 0.6 is 0 Å². The molecule has 4 aromatic carbocycles. The van der Waals surface area contributed by atoms with Crippen molar-refractivity contribution in [1.82, 2.24) is 19.6 Å². The standard InChI is InChI=1S/C73H104N4O8/c1-65(2)41-57(42-66(3,4)74(65)49-53-29-21-17-22-30-53)82-61(78)37-39-73(63(80)84-59-45-69(9,10)76(70(11,12)46-59)51-55-33-25-19-26-34-55,64(81)85-60-47-71(13,14)77(72(15,16)48-60)52-56-35-27-20-28-36-56)40-38-62(79)83-58-43-67(5,6)75(68(7,8)44-58)50-54-31-23-18-24-32-54/h17-36,57-60H,37-52H2,1-16H3. The number of rotatable bonds is 20. The highest BCUT2D eigenvalue weighted by Gasteiger charge is 2.56. The first-order valence-electron chi connectivity index (χ1n) is 31.7. The predicted octanol–water partition coefficient (Wildman–Crippen LogP) is 14.6. The van der Waals surface area contributed by atoms with Crippen molar-refractivity contribution in [2.75, 3.05) is 0 Å². The van der Waals surface area contributed by atoms with Crippen molar-refractivity contribution >= 4 is 23.9 Å². The number of hydrogen-bond acceptors (Lipinski definition) is 12. The second kappa shape index (κ2) is 25.4. The quantitative estimate of drug-likeness (QED) is 0.0476. The fraction of sp³-hybridized carbons (Fsp3) is 0.616. The average Bonchev–Trinajstić information content (AvgIpc) is 1.78. The van der Waals surface area contributed by atoms with Gasteiger partial charge >= 0.3 is 23.9 Å². The van der Waals surface area contributed by atoms with Crippen LogP contribution in [-0.2, 0) is 64.3 Å². The topological polar surface area (TPSA) is 118 Å². The summed E-state index contributed by atoms with van der Waals surface area (Å²) in [4.78, 5) is 71.3. The number of benzene rings is 4. The smallest absolute Gasteiger partial charge is 0.323 e. The van der Waals surface area contributed by atoms with E-state index in [9.17, 15) is 9.59 Å². The molecule has 4 fully saturated rings. The third kappa shape index (κ3) is 15.8. The molecule has 0 aliphatic carbocycles. The van der Waals surface area contributed by atoms with Crippen LogP contribution in [0.1, 0.15) is 210 Å². The van der Waals surface area contributed by atoms with Gasteiger partial charge in [0.2, 0.25) is 0 Å². The van der Waals surface area contributed by atoms with Gasteiger partial charge in [-0.15, -0.1) is 0 Å². The number of hydrogen-bond donors (Lipinski definition) is 0. The molecule has 0 bridgehead atoms. The Morgan fingerprint density at radius 2 is 0.518 bits per heavy atom. The summed E-state index contributed by atoms with van der Waals surface area (Å²) >= 11 is 0. The minimum Gasteiger partial charge on any atom is -0.462 e. The molecular formula is C73H104N4O8. The number of ether oxygens (including phenoxy) is 4. The summed E-state index contributed by atoms with van der Waals surface area (Å²) < 4.78 is 26.6. The first-order chi connectivity index (χ1) is 39.6. The van der Waals surface area contributed by atoms with Gasteiger partial charge in [-0.1, -0.05) is 121 Å². The first-order valence-corrected chi connectivity index (χ1v) is 31.7. The molecule has 0 atom stereocenters. The summed E-state index contributed by atoms with van der Waals surface area (Å²) in [6.07, 6.45) is 1.25. The van der Waals surface area contributed by atoms with Crippen molar-refractivity contribution in [3.63, 3.8) is 0 Å². The van der Waals surface area contributed by atoms with E-state index in [2.05, 4.69) is 227 Å². The Bertz CT molecular complexity index is 2630. The van der Waals surface area contributed by atoms with Crippen molar-refractivity contribution in [1.29, 1.82) is 0 Å². The van der Waals surface area contributed by atoms with Crippen LogP contribution < -0.4 is 0 Å². The summed E-state index contributed by atoms with van der Waals surface area (Å²) in [6, 6.07) is 41.7. The Hall–Kier alpha value is -5.40. The lowest BCUT2D eigenvalue weighted by Gasteiger charge is -2.55. The predicted molar refractivity (Wildman–Crippen MR) is 338 cm³/mol. The van der Waals surface area contributed by atoms with Gasteiger partial charge in [0.05, 0.1) is 0 Å². The molecule has 0 N–H and O–H groups in total. The molecule has 0 amide bonds. The van der Waals surface area contributed by atoms with Crippen LogP contribution in [-0.4, -0.2) is 112 Å². The Labute approximate surface area is 511 Å². The van der Waals surface area contributed by atoms with Gasteiger partial charge in [-0.25, -0.2) is 0 Å². The number of piperidine rings is 4. The van der Waals surface area contributed by atoms with E-state index < -0.39 is 75.9 Å². The third-order valence-electron chi connectivity index (χ3n) is 19.8. The molecule has 464 valence electrons. The van der Waals surface area contributed by atoms with Gasteiger partial charge in [0.25, 0.3) is 0 Å². The minimum atomic E-state index is -2.07. The molecule has 0 unspecified atom stereocenters. The maximum absolute atomic E-state index is 16.0. The highest BCUT2D eigenvalue weighted by molar-refractivity contribution is 6.01. The third-order valence-corrected chi connectivity index (χ3v) is 19.8. The molecule has 4 saturated heterocycles. The Morgan fingerprint density at radius 1 is 0.329 bits per heavy atom. The van der Waals surface area contributed by atoms with E-state index in [4.69, 9.17) is 18.9 Å². The van der Waals surface area contributed by atoms with Crippen molar-refractivity contribution in [2.24, 2.45) is 5.41 Å². The van der Waals surface area contributed by atoms with Gasteiger partial charge in [-0.2, -0.15) is 0 Å². The largest absolute Gasteiger partial charge is 0.462 e. The average molecular weight is 1170 g/mol. The van der Waals surface area contributed by atoms with Gasteiger partial charge in [0.15, 0.2) is 5.41 Å². The molecule has 0 saturated carbocycles. The van der Waals surface area contributed by atoms with Crippen LogP contribution in [0.25, 0.3) is 0 Å². The second-order valence-corrected chi connectivity index (χ2v) is 30.8. The van der Waals surface area contributed by atoms with Gasteiger partial charge in [0.1, 0.15) is 24.4 Å². The molecule has 85 heavy (non-hydrogen) atoms. The summed E-state index contributed by atoms with van der Waals surface area (Å²) in [6.45, 7) is 38.0. The zero-order valence-corrected chi connectivity index (χ0v) is 54.7. The van der Waals surface area contributed by atoms with Crippen LogP contribution in [0.3, 0.4) is 0 Å². The van der Waals surface area contributed by atoms with Crippen LogP contribution in [0, 0.1) is 5.41 Å². The van der Waals surface area contributed by atoms with E-state index in [0.717, 1.165) is 13.1 Å². The zero-order valence-electron chi connectivity index (χ0n) is 54.7. The second-order valence-electron chi connectivity index (χ2n) is 30.8. The van der Waals surface area contributed by atoms with E-state index in [-0.39, 0.29) is 47.8 Å². The lowest BCUT2D eigenvalue weighted by atomic mass is 9.75. The van der Waals surface area contributed by atoms with Gasteiger partial charge < -0.3 is 18.9 Å². The summed E-state index contributed by atoms with van der Waals surface area (Å²) in [5.41, 5.74) is -0.327. The maximum atomic E-state index is 16.0. The molecule has 12 nitrogen and oxygen atoms in total. The molecule has 4 aliphatic heterocycles. The minimum absolute atomic E-state index is 0.270. The Morgan fingerprint density at radius 3 is 0.718 bits per heavy atom. The van der Waals surface area contributed by atoms with Crippen LogP contribution in [0.4, 0.5) is 0 Å². The normalized spacial score (nSPS) is 22.7. The van der Waals surface area contributed by atoms with E-state index in [1.54, 1.807) is 0 Å².